The minimum Gasteiger partial charge on any atom is -0.334 e. The van der Waals surface area contributed by atoms with Crippen LogP contribution >= 0.6 is 0 Å². The molecule has 0 saturated heterocycles. The Kier molecular flexibility index (Phi) is 7.82. The number of carbonyl (C=O) groups is 3. The van der Waals surface area contributed by atoms with Crippen LogP contribution in [0.25, 0.3) is 0 Å². The maximum Gasteiger partial charge on any atom is 0.317 e. The standard InChI is InChI=1S/C33H30N4O3/c1-22-12-6-8-16-25(22)20-34-33(40)36-31-32(39)37(21-29(38)26-17-9-7-13-23(26)2)28-19-11-10-18-27(28)30(35-31)24-14-4-3-5-15-24/h3-19,31H,20-21H2,1-2H3,(H2,34,36,40). The summed E-state index contributed by atoms with van der Waals surface area (Å²) in [6, 6.07) is 31.4. The van der Waals surface area contributed by atoms with Gasteiger partial charge in [0, 0.05) is 23.2 Å². The van der Waals surface area contributed by atoms with Gasteiger partial charge in [-0.3, -0.25) is 9.59 Å². The van der Waals surface area contributed by atoms with Crippen LogP contribution in [0, 0.1) is 13.8 Å². The summed E-state index contributed by atoms with van der Waals surface area (Å²) in [6.07, 6.45) is -1.25. The average molecular weight is 531 g/mol. The zero-order valence-electron chi connectivity index (χ0n) is 22.4. The van der Waals surface area contributed by atoms with Crippen LogP contribution in [0.1, 0.15) is 38.2 Å². The summed E-state index contributed by atoms with van der Waals surface area (Å²) in [7, 11) is 0. The minimum absolute atomic E-state index is 0.193. The van der Waals surface area contributed by atoms with Crippen molar-refractivity contribution in [1.29, 1.82) is 0 Å². The van der Waals surface area contributed by atoms with Crippen LogP contribution in [0.4, 0.5) is 10.5 Å². The number of para-hydroxylation sites is 1. The van der Waals surface area contributed by atoms with Crippen LogP contribution in [-0.4, -0.2) is 36.1 Å². The van der Waals surface area contributed by atoms with Gasteiger partial charge in [-0.2, -0.15) is 0 Å². The van der Waals surface area contributed by atoms with Gasteiger partial charge in [0.25, 0.3) is 5.91 Å². The van der Waals surface area contributed by atoms with Crippen LogP contribution in [0.2, 0.25) is 0 Å². The second-order valence-electron chi connectivity index (χ2n) is 9.68. The molecule has 1 atom stereocenters. The molecule has 0 spiro atoms. The SMILES string of the molecule is Cc1ccccc1CNC(=O)NC1N=C(c2ccccc2)c2ccccc2N(CC(=O)c2ccccc2C)C1=O. The number of aryl methyl sites for hydroxylation is 2. The number of nitrogens with one attached hydrogen (secondary N) is 2. The van der Waals surface area contributed by atoms with Crippen LogP contribution < -0.4 is 15.5 Å². The number of benzodiazepines with no additional fused rings is 1. The summed E-state index contributed by atoms with van der Waals surface area (Å²) in [5, 5.41) is 5.58. The molecule has 40 heavy (non-hydrogen) atoms. The van der Waals surface area contributed by atoms with Gasteiger partial charge in [0.15, 0.2) is 5.78 Å². The molecular weight excluding hydrogens is 500 g/mol. The maximum absolute atomic E-state index is 14.0. The molecule has 0 radical (unpaired) electrons. The van der Waals surface area contributed by atoms with Crippen LogP contribution in [-0.2, 0) is 11.3 Å². The van der Waals surface area contributed by atoms with Gasteiger partial charge in [-0.25, -0.2) is 9.79 Å². The third-order valence-electron chi connectivity index (χ3n) is 6.97. The monoisotopic (exact) mass is 530 g/mol. The number of hydrogen-bond acceptors (Lipinski definition) is 4. The highest BCUT2D eigenvalue weighted by atomic mass is 16.2. The van der Waals surface area contributed by atoms with E-state index >= 15 is 0 Å². The Hall–Kier alpha value is -5.04. The number of benzene rings is 4. The molecule has 1 aliphatic heterocycles. The molecule has 1 unspecified atom stereocenters. The van der Waals surface area contributed by atoms with Crippen LogP contribution in [0.3, 0.4) is 0 Å². The summed E-state index contributed by atoms with van der Waals surface area (Å²) in [4.78, 5) is 46.7. The number of fused-ring (bicyclic) bond motifs is 1. The van der Waals surface area contributed by atoms with Crippen molar-refractivity contribution in [1.82, 2.24) is 10.6 Å². The largest absolute Gasteiger partial charge is 0.334 e. The van der Waals surface area contributed by atoms with Crippen LogP contribution in [0.5, 0.6) is 0 Å². The minimum atomic E-state index is -1.25. The Bertz CT molecular complexity index is 1600. The molecule has 1 aliphatic rings. The molecule has 0 bridgehead atoms. The molecule has 2 N–H and O–H groups in total. The van der Waals surface area contributed by atoms with Gasteiger partial charge in [0.2, 0.25) is 6.17 Å². The lowest BCUT2D eigenvalue weighted by atomic mass is 9.99. The van der Waals surface area contributed by atoms with E-state index in [1.54, 1.807) is 18.2 Å². The number of hydrogen-bond donors (Lipinski definition) is 2. The fraction of sp³-hybridized carbons (Fsp3) is 0.152. The fourth-order valence-corrected chi connectivity index (χ4v) is 4.79. The van der Waals surface area contributed by atoms with Crippen molar-refractivity contribution in [2.75, 3.05) is 11.4 Å². The Morgan fingerprint density at radius 2 is 1.45 bits per heavy atom. The van der Waals surface area contributed by atoms with Crippen molar-refractivity contribution in [3.63, 3.8) is 0 Å². The molecule has 1 heterocycles. The lowest BCUT2D eigenvalue weighted by Gasteiger charge is -2.25. The molecule has 200 valence electrons. The Morgan fingerprint density at radius 1 is 0.800 bits per heavy atom. The van der Waals surface area contributed by atoms with E-state index in [0.29, 0.717) is 29.1 Å². The summed E-state index contributed by atoms with van der Waals surface area (Å²) in [5.41, 5.74) is 5.99. The smallest absolute Gasteiger partial charge is 0.317 e. The van der Waals surface area contributed by atoms with Crippen molar-refractivity contribution in [3.8, 4) is 0 Å². The summed E-state index contributed by atoms with van der Waals surface area (Å²) in [5.74, 6) is -0.696. The molecule has 0 aliphatic carbocycles. The van der Waals surface area contributed by atoms with Crippen molar-refractivity contribution in [2.24, 2.45) is 4.99 Å². The molecule has 5 rings (SSSR count). The zero-order valence-corrected chi connectivity index (χ0v) is 22.4. The fourth-order valence-electron chi connectivity index (χ4n) is 4.79. The highest BCUT2D eigenvalue weighted by molar-refractivity contribution is 6.21. The lowest BCUT2D eigenvalue weighted by molar-refractivity contribution is -0.120. The highest BCUT2D eigenvalue weighted by Crippen LogP contribution is 2.28. The van der Waals surface area contributed by atoms with Crippen molar-refractivity contribution < 1.29 is 14.4 Å². The first kappa shape index (κ1) is 26.6. The van der Waals surface area contributed by atoms with E-state index in [4.69, 9.17) is 4.99 Å². The van der Waals surface area contributed by atoms with E-state index in [1.807, 2.05) is 98.8 Å². The van der Waals surface area contributed by atoms with Gasteiger partial charge < -0.3 is 15.5 Å². The first-order chi connectivity index (χ1) is 19.4. The van der Waals surface area contributed by atoms with Crippen LogP contribution in [0.15, 0.2) is 108 Å². The maximum atomic E-state index is 14.0. The van der Waals surface area contributed by atoms with Gasteiger partial charge in [-0.15, -0.1) is 0 Å². The highest BCUT2D eigenvalue weighted by Gasteiger charge is 2.34. The third-order valence-corrected chi connectivity index (χ3v) is 6.97. The molecule has 3 amide bonds. The number of urea groups is 1. The molecule has 0 aromatic heterocycles. The summed E-state index contributed by atoms with van der Waals surface area (Å²) in [6.45, 7) is 3.94. The third kappa shape index (κ3) is 5.68. The van der Waals surface area contributed by atoms with Crippen molar-refractivity contribution >= 4 is 29.1 Å². The van der Waals surface area contributed by atoms with E-state index in [1.165, 1.54) is 4.90 Å². The second-order valence-corrected chi connectivity index (χ2v) is 9.68. The number of carbonyl (C=O) groups excluding carboxylic acids is 3. The number of Topliss-reactive ketones (excluding diaryl/α,β-unsaturated/α-hetero) is 1. The van der Waals surface area contributed by atoms with E-state index in [-0.39, 0.29) is 12.3 Å². The van der Waals surface area contributed by atoms with Gasteiger partial charge >= 0.3 is 6.03 Å². The molecule has 7 nitrogen and oxygen atoms in total. The Morgan fingerprint density at radius 3 is 2.20 bits per heavy atom. The van der Waals surface area contributed by atoms with Gasteiger partial charge in [0.05, 0.1) is 17.9 Å². The Balaban J connectivity index is 1.50. The normalized spacial score (nSPS) is 14.6. The average Bonchev–Trinajstić information content (AvgIpc) is 3.08. The number of ketones is 1. The topological polar surface area (TPSA) is 90.9 Å². The first-order valence-corrected chi connectivity index (χ1v) is 13.1. The summed E-state index contributed by atoms with van der Waals surface area (Å²) >= 11 is 0. The number of amides is 3. The predicted molar refractivity (Wildman–Crippen MR) is 157 cm³/mol. The number of anilines is 1. The summed E-state index contributed by atoms with van der Waals surface area (Å²) < 4.78 is 0. The molecule has 4 aromatic carbocycles. The molecular formula is C33H30N4O3. The second kappa shape index (κ2) is 11.8. The van der Waals surface area contributed by atoms with Crippen molar-refractivity contribution in [2.45, 2.75) is 26.6 Å². The zero-order chi connectivity index (χ0) is 28.1. The molecule has 0 fully saturated rings. The lowest BCUT2D eigenvalue weighted by Crippen LogP contribution is -2.51. The predicted octanol–water partition coefficient (Wildman–Crippen LogP) is 5.20. The van der Waals surface area contributed by atoms with E-state index in [0.717, 1.165) is 22.3 Å². The quantitative estimate of drug-likeness (QED) is 0.322. The van der Waals surface area contributed by atoms with E-state index in [2.05, 4.69) is 10.6 Å². The van der Waals surface area contributed by atoms with Crippen molar-refractivity contribution in [3.05, 3.63) is 137 Å². The number of rotatable bonds is 7. The van der Waals surface area contributed by atoms with Gasteiger partial charge in [0.1, 0.15) is 0 Å². The molecule has 7 heteroatoms. The number of nitrogens with zero attached hydrogens (tertiary/aromatic N) is 2. The molecule has 0 saturated carbocycles. The molecule has 4 aromatic rings. The Labute approximate surface area is 233 Å². The van der Waals surface area contributed by atoms with Gasteiger partial charge in [-0.05, 0) is 36.6 Å². The number of aliphatic imine (C=N–C) groups is 1. The van der Waals surface area contributed by atoms with E-state index in [9.17, 15) is 14.4 Å². The van der Waals surface area contributed by atoms with E-state index < -0.39 is 18.1 Å². The van der Waals surface area contributed by atoms with Gasteiger partial charge in [-0.1, -0.05) is 97.1 Å². The first-order valence-electron chi connectivity index (χ1n) is 13.1.